The molecule has 2 aromatic carbocycles. The molecule has 0 saturated carbocycles. The molecule has 0 aliphatic heterocycles. The number of benzene rings is 2. The van der Waals surface area contributed by atoms with Crippen molar-refractivity contribution in [3.63, 3.8) is 0 Å². The number of carbonyl (C=O) groups excluding carboxylic acids is 2. The van der Waals surface area contributed by atoms with E-state index < -0.39 is 11.9 Å². The average Bonchev–Trinajstić information content (AvgIpc) is 2.96. The van der Waals surface area contributed by atoms with E-state index in [0.717, 1.165) is 10.1 Å². The van der Waals surface area contributed by atoms with Crippen LogP contribution in [0.1, 0.15) is 9.67 Å². The monoisotopic (exact) mass is 375 g/mol. The molecule has 0 aliphatic carbocycles. The lowest BCUT2D eigenvalue weighted by atomic mass is 10.2. The van der Waals surface area contributed by atoms with Gasteiger partial charge in [0.1, 0.15) is 10.6 Å². The van der Waals surface area contributed by atoms with Gasteiger partial charge in [-0.3, -0.25) is 4.79 Å². The van der Waals surface area contributed by atoms with Crippen molar-refractivity contribution < 1.29 is 19.1 Å². The van der Waals surface area contributed by atoms with Gasteiger partial charge in [0.25, 0.3) is 5.91 Å². The number of methoxy groups -OCH3 is 1. The van der Waals surface area contributed by atoms with Crippen molar-refractivity contribution in [2.75, 3.05) is 19.0 Å². The quantitative estimate of drug-likeness (QED) is 0.673. The summed E-state index contributed by atoms with van der Waals surface area (Å²) in [5, 5.41) is 3.70. The largest absolute Gasteiger partial charge is 0.497 e. The molecule has 0 fully saturated rings. The number of amides is 1. The van der Waals surface area contributed by atoms with E-state index in [1.54, 1.807) is 49.6 Å². The molecule has 0 aliphatic rings. The van der Waals surface area contributed by atoms with E-state index in [2.05, 4.69) is 5.32 Å². The normalized spacial score (nSPS) is 10.5. The van der Waals surface area contributed by atoms with Gasteiger partial charge in [-0.15, -0.1) is 11.3 Å². The first-order valence-corrected chi connectivity index (χ1v) is 8.56. The van der Waals surface area contributed by atoms with Gasteiger partial charge in [-0.05, 0) is 30.3 Å². The Labute approximate surface area is 153 Å². The summed E-state index contributed by atoms with van der Waals surface area (Å²) in [4.78, 5) is 24.4. The van der Waals surface area contributed by atoms with Crippen LogP contribution in [0.25, 0.3) is 10.1 Å². The predicted molar refractivity (Wildman–Crippen MR) is 98.7 cm³/mol. The molecule has 3 rings (SSSR count). The van der Waals surface area contributed by atoms with Crippen LogP contribution in [0.5, 0.6) is 5.75 Å². The number of rotatable bonds is 5. The molecule has 0 spiro atoms. The number of thiophene rings is 1. The van der Waals surface area contributed by atoms with Crippen LogP contribution in [0.3, 0.4) is 0 Å². The number of hydrogen-bond donors (Lipinski definition) is 1. The Morgan fingerprint density at radius 1 is 1.16 bits per heavy atom. The maximum Gasteiger partial charge on any atom is 0.350 e. The maximum absolute atomic E-state index is 12.2. The highest BCUT2D eigenvalue weighted by molar-refractivity contribution is 7.21. The number of esters is 1. The Morgan fingerprint density at radius 3 is 2.64 bits per heavy atom. The Hall–Kier alpha value is -2.57. The highest BCUT2D eigenvalue weighted by atomic mass is 35.5. The Morgan fingerprint density at radius 2 is 1.92 bits per heavy atom. The van der Waals surface area contributed by atoms with Crippen molar-refractivity contribution in [1.29, 1.82) is 0 Å². The molecule has 7 heteroatoms. The van der Waals surface area contributed by atoms with E-state index >= 15 is 0 Å². The lowest BCUT2D eigenvalue weighted by molar-refractivity contribution is -0.119. The lowest BCUT2D eigenvalue weighted by Gasteiger charge is -2.05. The first-order chi connectivity index (χ1) is 12.1. The number of para-hydroxylation sites is 1. The topological polar surface area (TPSA) is 64.6 Å². The third-order valence-electron chi connectivity index (χ3n) is 3.41. The summed E-state index contributed by atoms with van der Waals surface area (Å²) in [6, 6.07) is 14.3. The standard InChI is InChI=1S/C18H14ClNO4S/c1-23-12-7-8-13-14(9-12)25-17(16(13)19)18(22)24-10-15(21)20-11-5-3-2-4-6-11/h2-9H,10H2,1H3,(H,20,21). The van der Waals surface area contributed by atoms with Crippen molar-refractivity contribution in [1.82, 2.24) is 0 Å². The minimum Gasteiger partial charge on any atom is -0.497 e. The Kier molecular flexibility index (Phi) is 5.21. The van der Waals surface area contributed by atoms with Crippen LogP contribution < -0.4 is 10.1 Å². The molecule has 0 radical (unpaired) electrons. The minimum atomic E-state index is -0.631. The van der Waals surface area contributed by atoms with E-state index in [-0.39, 0.29) is 11.5 Å². The second-order valence-electron chi connectivity index (χ2n) is 5.10. The molecule has 0 saturated heterocycles. The summed E-state index contributed by atoms with van der Waals surface area (Å²) in [6.07, 6.45) is 0. The fraction of sp³-hybridized carbons (Fsp3) is 0.111. The second-order valence-corrected chi connectivity index (χ2v) is 6.53. The molecule has 128 valence electrons. The van der Waals surface area contributed by atoms with E-state index in [9.17, 15) is 9.59 Å². The lowest BCUT2D eigenvalue weighted by Crippen LogP contribution is -2.20. The van der Waals surface area contributed by atoms with E-state index in [1.165, 1.54) is 11.3 Å². The smallest absolute Gasteiger partial charge is 0.350 e. The second kappa shape index (κ2) is 7.55. The van der Waals surface area contributed by atoms with Gasteiger partial charge >= 0.3 is 5.97 Å². The van der Waals surface area contributed by atoms with Crippen LogP contribution in [0.15, 0.2) is 48.5 Å². The van der Waals surface area contributed by atoms with Gasteiger partial charge in [0, 0.05) is 15.8 Å². The molecule has 1 heterocycles. The number of fused-ring (bicyclic) bond motifs is 1. The number of halogens is 1. The van der Waals surface area contributed by atoms with Crippen LogP contribution in [0.2, 0.25) is 5.02 Å². The minimum absolute atomic E-state index is 0.262. The van der Waals surface area contributed by atoms with Crippen molar-refractivity contribution in [3.05, 3.63) is 58.4 Å². The van der Waals surface area contributed by atoms with Crippen molar-refractivity contribution in [2.45, 2.75) is 0 Å². The van der Waals surface area contributed by atoms with Gasteiger partial charge in [-0.2, -0.15) is 0 Å². The van der Waals surface area contributed by atoms with Gasteiger partial charge in [0.2, 0.25) is 0 Å². The number of nitrogens with one attached hydrogen (secondary N) is 1. The number of carbonyl (C=O) groups is 2. The van der Waals surface area contributed by atoms with Crippen LogP contribution >= 0.6 is 22.9 Å². The first-order valence-electron chi connectivity index (χ1n) is 7.36. The first kappa shape index (κ1) is 17.3. The molecule has 0 unspecified atom stereocenters. The zero-order chi connectivity index (χ0) is 17.8. The molecular formula is C18H14ClNO4S. The highest BCUT2D eigenvalue weighted by Crippen LogP contribution is 2.37. The van der Waals surface area contributed by atoms with Gasteiger partial charge in [0.15, 0.2) is 6.61 Å². The van der Waals surface area contributed by atoms with E-state index in [0.29, 0.717) is 16.5 Å². The molecule has 25 heavy (non-hydrogen) atoms. The van der Waals surface area contributed by atoms with Crippen molar-refractivity contribution in [3.8, 4) is 5.75 Å². The SMILES string of the molecule is COc1ccc2c(Cl)c(C(=O)OCC(=O)Nc3ccccc3)sc2c1. The Balaban J connectivity index is 1.68. The third kappa shape index (κ3) is 3.92. The van der Waals surface area contributed by atoms with Crippen molar-refractivity contribution >= 4 is 50.6 Å². The van der Waals surface area contributed by atoms with Crippen LogP contribution in [0.4, 0.5) is 5.69 Å². The fourth-order valence-electron chi connectivity index (χ4n) is 2.22. The van der Waals surface area contributed by atoms with Gasteiger partial charge in [0.05, 0.1) is 12.1 Å². The molecule has 0 bridgehead atoms. The summed E-state index contributed by atoms with van der Waals surface area (Å²) in [5.74, 6) is -0.376. The maximum atomic E-state index is 12.2. The zero-order valence-electron chi connectivity index (χ0n) is 13.2. The molecule has 3 aromatic rings. The molecule has 1 amide bonds. The predicted octanol–water partition coefficient (Wildman–Crippen LogP) is 4.36. The van der Waals surface area contributed by atoms with Crippen LogP contribution in [-0.2, 0) is 9.53 Å². The average molecular weight is 376 g/mol. The molecule has 1 aromatic heterocycles. The molecule has 1 N–H and O–H groups in total. The number of hydrogen-bond acceptors (Lipinski definition) is 5. The van der Waals surface area contributed by atoms with E-state index in [4.69, 9.17) is 21.1 Å². The van der Waals surface area contributed by atoms with Gasteiger partial charge < -0.3 is 14.8 Å². The van der Waals surface area contributed by atoms with E-state index in [1.807, 2.05) is 6.07 Å². The summed E-state index contributed by atoms with van der Waals surface area (Å²) in [7, 11) is 1.57. The van der Waals surface area contributed by atoms with Gasteiger partial charge in [-0.25, -0.2) is 4.79 Å². The summed E-state index contributed by atoms with van der Waals surface area (Å²) in [5.41, 5.74) is 0.635. The summed E-state index contributed by atoms with van der Waals surface area (Å²) in [6.45, 7) is -0.387. The fourth-order valence-corrected chi connectivity index (χ4v) is 3.65. The summed E-state index contributed by atoms with van der Waals surface area (Å²) < 4.78 is 11.0. The van der Waals surface area contributed by atoms with Gasteiger partial charge in [-0.1, -0.05) is 29.8 Å². The molecule has 0 atom stereocenters. The Bertz CT molecular complexity index is 923. The molecular weight excluding hydrogens is 362 g/mol. The molecule has 5 nitrogen and oxygen atoms in total. The third-order valence-corrected chi connectivity index (χ3v) is 5.05. The highest BCUT2D eigenvalue weighted by Gasteiger charge is 2.19. The van der Waals surface area contributed by atoms with Crippen molar-refractivity contribution in [2.24, 2.45) is 0 Å². The zero-order valence-corrected chi connectivity index (χ0v) is 14.8. The van der Waals surface area contributed by atoms with Crippen LogP contribution in [-0.4, -0.2) is 25.6 Å². The van der Waals surface area contributed by atoms with Crippen LogP contribution in [0, 0.1) is 0 Å². The number of ether oxygens (including phenoxy) is 2. The number of anilines is 1. The summed E-state index contributed by atoms with van der Waals surface area (Å²) >= 11 is 7.46.